The summed E-state index contributed by atoms with van der Waals surface area (Å²) in [6, 6.07) is 0.384. The molecule has 0 radical (unpaired) electrons. The Hall–Kier alpha value is -1.07. The molecule has 1 atom stereocenters. The first-order chi connectivity index (χ1) is 8.63. The number of nitrogens with zero attached hydrogens (tertiary/aromatic N) is 3. The standard InChI is InChI=1S/C12H22ClN5/c1-4-6-7-18(9(3)5-2)11-10(13)8-15-12(16-11)17-14/h8-9H,4-7,14H2,1-3H3,(H,15,16,17). The van der Waals surface area contributed by atoms with Crippen LogP contribution in [-0.4, -0.2) is 22.6 Å². The second kappa shape index (κ2) is 7.38. The Kier molecular flexibility index (Phi) is 6.15. The maximum Gasteiger partial charge on any atom is 0.239 e. The summed E-state index contributed by atoms with van der Waals surface area (Å²) < 4.78 is 0. The average molecular weight is 272 g/mol. The van der Waals surface area contributed by atoms with Gasteiger partial charge in [0.05, 0.1) is 6.20 Å². The zero-order valence-corrected chi connectivity index (χ0v) is 12.0. The van der Waals surface area contributed by atoms with Crippen LogP contribution in [0.2, 0.25) is 5.02 Å². The minimum absolute atomic E-state index is 0.384. The number of aromatic nitrogens is 2. The number of nitrogen functional groups attached to an aromatic ring is 1. The van der Waals surface area contributed by atoms with Crippen molar-refractivity contribution < 1.29 is 0 Å². The molecule has 1 heterocycles. The molecule has 0 saturated carbocycles. The van der Waals surface area contributed by atoms with Crippen LogP contribution in [0.15, 0.2) is 6.20 Å². The van der Waals surface area contributed by atoms with Gasteiger partial charge >= 0.3 is 0 Å². The Morgan fingerprint density at radius 3 is 2.78 bits per heavy atom. The van der Waals surface area contributed by atoms with Crippen LogP contribution < -0.4 is 16.2 Å². The van der Waals surface area contributed by atoms with E-state index in [1.54, 1.807) is 6.20 Å². The van der Waals surface area contributed by atoms with Crippen molar-refractivity contribution in [2.75, 3.05) is 16.9 Å². The van der Waals surface area contributed by atoms with Gasteiger partial charge in [-0.3, -0.25) is 5.43 Å². The second-order valence-corrected chi connectivity index (χ2v) is 4.72. The number of hydrogen-bond donors (Lipinski definition) is 2. The smallest absolute Gasteiger partial charge is 0.239 e. The highest BCUT2D eigenvalue weighted by atomic mass is 35.5. The Balaban J connectivity index is 3.02. The predicted molar refractivity (Wildman–Crippen MR) is 76.9 cm³/mol. The Morgan fingerprint density at radius 1 is 1.50 bits per heavy atom. The lowest BCUT2D eigenvalue weighted by Crippen LogP contribution is -2.34. The third-order valence-corrected chi connectivity index (χ3v) is 3.27. The number of rotatable bonds is 7. The summed E-state index contributed by atoms with van der Waals surface area (Å²) in [4.78, 5) is 10.6. The first kappa shape index (κ1) is 15.0. The highest BCUT2D eigenvalue weighted by molar-refractivity contribution is 6.32. The summed E-state index contributed by atoms with van der Waals surface area (Å²) in [5.74, 6) is 6.48. The molecule has 0 fully saturated rings. The lowest BCUT2D eigenvalue weighted by atomic mass is 10.2. The molecule has 0 aromatic carbocycles. The Labute approximate surface area is 114 Å². The average Bonchev–Trinajstić information content (AvgIpc) is 2.40. The monoisotopic (exact) mass is 271 g/mol. The lowest BCUT2D eigenvalue weighted by molar-refractivity contribution is 0.589. The number of nitrogens with one attached hydrogen (secondary N) is 1. The number of unbranched alkanes of at least 4 members (excludes halogenated alkanes) is 1. The summed E-state index contributed by atoms with van der Waals surface area (Å²) in [5, 5.41) is 0.561. The third kappa shape index (κ3) is 3.71. The summed E-state index contributed by atoms with van der Waals surface area (Å²) in [5.41, 5.74) is 2.45. The van der Waals surface area contributed by atoms with E-state index in [0.717, 1.165) is 31.6 Å². The fourth-order valence-corrected chi connectivity index (χ4v) is 1.91. The molecule has 18 heavy (non-hydrogen) atoms. The second-order valence-electron chi connectivity index (χ2n) is 4.31. The van der Waals surface area contributed by atoms with Gasteiger partial charge in [-0.05, 0) is 19.8 Å². The summed E-state index contributed by atoms with van der Waals surface area (Å²) in [6.45, 7) is 7.43. The minimum Gasteiger partial charge on any atom is -0.353 e. The van der Waals surface area contributed by atoms with Gasteiger partial charge < -0.3 is 4.90 Å². The molecule has 0 aliphatic rings. The normalized spacial score (nSPS) is 12.3. The number of anilines is 2. The molecular formula is C12H22ClN5. The zero-order valence-electron chi connectivity index (χ0n) is 11.3. The Morgan fingerprint density at radius 2 is 2.22 bits per heavy atom. The molecule has 0 bridgehead atoms. The molecular weight excluding hydrogens is 250 g/mol. The van der Waals surface area contributed by atoms with Gasteiger partial charge in [-0.15, -0.1) is 0 Å². The van der Waals surface area contributed by atoms with E-state index in [9.17, 15) is 0 Å². The molecule has 1 unspecified atom stereocenters. The number of halogens is 1. The van der Waals surface area contributed by atoms with E-state index in [-0.39, 0.29) is 0 Å². The summed E-state index contributed by atoms with van der Waals surface area (Å²) >= 11 is 6.19. The van der Waals surface area contributed by atoms with Gasteiger partial charge in [0.15, 0.2) is 5.82 Å². The fraction of sp³-hybridized carbons (Fsp3) is 0.667. The molecule has 1 rings (SSSR count). The molecule has 0 saturated heterocycles. The van der Waals surface area contributed by atoms with E-state index in [2.05, 4.69) is 41.1 Å². The van der Waals surface area contributed by atoms with E-state index < -0.39 is 0 Å². The number of hydrazine groups is 1. The van der Waals surface area contributed by atoms with Crippen molar-refractivity contribution in [1.29, 1.82) is 0 Å². The van der Waals surface area contributed by atoms with Gasteiger partial charge in [-0.2, -0.15) is 4.98 Å². The van der Waals surface area contributed by atoms with Gasteiger partial charge in [0.25, 0.3) is 0 Å². The fourth-order valence-electron chi connectivity index (χ4n) is 1.71. The van der Waals surface area contributed by atoms with Crippen LogP contribution in [0.4, 0.5) is 11.8 Å². The third-order valence-electron chi connectivity index (χ3n) is 3.00. The first-order valence-corrected chi connectivity index (χ1v) is 6.77. The van der Waals surface area contributed by atoms with E-state index >= 15 is 0 Å². The maximum atomic E-state index is 6.19. The van der Waals surface area contributed by atoms with Crippen LogP contribution in [0.3, 0.4) is 0 Å². The summed E-state index contributed by atoms with van der Waals surface area (Å²) in [7, 11) is 0. The quantitative estimate of drug-likeness (QED) is 0.590. The van der Waals surface area contributed by atoms with Crippen LogP contribution in [-0.2, 0) is 0 Å². The van der Waals surface area contributed by atoms with Crippen LogP contribution in [0, 0.1) is 0 Å². The van der Waals surface area contributed by atoms with Gasteiger partial charge in [-0.1, -0.05) is 31.9 Å². The minimum atomic E-state index is 0.384. The lowest BCUT2D eigenvalue weighted by Gasteiger charge is -2.30. The molecule has 5 nitrogen and oxygen atoms in total. The van der Waals surface area contributed by atoms with Gasteiger partial charge in [-0.25, -0.2) is 10.8 Å². The van der Waals surface area contributed by atoms with Gasteiger partial charge in [0.2, 0.25) is 5.95 Å². The molecule has 0 amide bonds. The van der Waals surface area contributed by atoms with Crippen molar-refractivity contribution >= 4 is 23.4 Å². The van der Waals surface area contributed by atoms with Crippen molar-refractivity contribution in [3.05, 3.63) is 11.2 Å². The van der Waals surface area contributed by atoms with Crippen molar-refractivity contribution in [1.82, 2.24) is 9.97 Å². The number of hydrogen-bond acceptors (Lipinski definition) is 5. The zero-order chi connectivity index (χ0) is 13.5. The van der Waals surface area contributed by atoms with Crippen molar-refractivity contribution in [3.63, 3.8) is 0 Å². The van der Waals surface area contributed by atoms with E-state index in [0.29, 0.717) is 17.0 Å². The van der Waals surface area contributed by atoms with Crippen molar-refractivity contribution in [2.45, 2.75) is 46.1 Å². The molecule has 6 heteroatoms. The molecule has 0 aliphatic heterocycles. The highest BCUT2D eigenvalue weighted by Gasteiger charge is 2.17. The molecule has 3 N–H and O–H groups in total. The van der Waals surface area contributed by atoms with E-state index in [4.69, 9.17) is 17.4 Å². The highest BCUT2D eigenvalue weighted by Crippen LogP contribution is 2.26. The van der Waals surface area contributed by atoms with Crippen LogP contribution in [0.1, 0.15) is 40.0 Å². The molecule has 1 aromatic heterocycles. The number of nitrogens with two attached hydrogens (primary N) is 1. The van der Waals surface area contributed by atoms with Crippen LogP contribution >= 0.6 is 11.6 Å². The SMILES string of the molecule is CCCCN(c1nc(NN)ncc1Cl)C(C)CC. The van der Waals surface area contributed by atoms with E-state index in [1.165, 1.54) is 0 Å². The molecule has 1 aromatic rings. The van der Waals surface area contributed by atoms with Crippen molar-refractivity contribution in [2.24, 2.45) is 5.84 Å². The predicted octanol–water partition coefficient (Wildman–Crippen LogP) is 2.82. The maximum absolute atomic E-state index is 6.19. The van der Waals surface area contributed by atoms with Gasteiger partial charge in [0.1, 0.15) is 5.02 Å². The largest absolute Gasteiger partial charge is 0.353 e. The van der Waals surface area contributed by atoms with E-state index in [1.807, 2.05) is 0 Å². The van der Waals surface area contributed by atoms with Crippen LogP contribution in [0.5, 0.6) is 0 Å². The van der Waals surface area contributed by atoms with Crippen LogP contribution in [0.25, 0.3) is 0 Å². The topological polar surface area (TPSA) is 67.1 Å². The molecule has 0 aliphatic carbocycles. The van der Waals surface area contributed by atoms with Gasteiger partial charge in [0, 0.05) is 12.6 Å². The summed E-state index contributed by atoms with van der Waals surface area (Å²) in [6.07, 6.45) is 4.86. The molecule has 0 spiro atoms. The Bertz CT molecular complexity index is 371. The molecule has 102 valence electrons. The first-order valence-electron chi connectivity index (χ1n) is 6.39. The van der Waals surface area contributed by atoms with Crippen molar-refractivity contribution in [3.8, 4) is 0 Å².